The average molecular weight is 193 g/mol. The van der Waals surface area contributed by atoms with Gasteiger partial charge in [-0.1, -0.05) is 0 Å². The molecule has 0 saturated heterocycles. The quantitative estimate of drug-likeness (QED) is 0.745. The fourth-order valence-corrected chi connectivity index (χ4v) is 0.898. The van der Waals surface area contributed by atoms with Gasteiger partial charge in [0, 0.05) is 0 Å². The molecular formula is C10H11NO3. The van der Waals surface area contributed by atoms with Crippen molar-refractivity contribution in [1.82, 2.24) is 0 Å². The van der Waals surface area contributed by atoms with Gasteiger partial charge in [-0.05, 0) is 31.2 Å². The maximum atomic E-state index is 10.5. The van der Waals surface area contributed by atoms with E-state index in [1.54, 1.807) is 31.4 Å². The Morgan fingerprint density at radius 1 is 1.36 bits per heavy atom. The van der Waals surface area contributed by atoms with Crippen LogP contribution in [-0.2, 0) is 4.79 Å². The van der Waals surface area contributed by atoms with Gasteiger partial charge in [-0.25, -0.2) is 9.79 Å². The van der Waals surface area contributed by atoms with Crippen molar-refractivity contribution in [2.45, 2.75) is 6.92 Å². The predicted molar refractivity (Wildman–Crippen MR) is 53.4 cm³/mol. The number of carboxylic acid groups (broad SMARTS) is 1. The summed E-state index contributed by atoms with van der Waals surface area (Å²) in [4.78, 5) is 14.4. The second-order valence-electron chi connectivity index (χ2n) is 2.70. The van der Waals surface area contributed by atoms with Crippen LogP contribution in [0.15, 0.2) is 29.3 Å². The molecule has 0 bridgehead atoms. The smallest absolute Gasteiger partial charge is 0.349 e. The van der Waals surface area contributed by atoms with Crippen molar-refractivity contribution < 1.29 is 14.6 Å². The minimum Gasteiger partial charge on any atom is -0.497 e. The second kappa shape index (κ2) is 4.41. The van der Waals surface area contributed by atoms with Gasteiger partial charge in [0.1, 0.15) is 11.5 Å². The highest BCUT2D eigenvalue weighted by molar-refractivity contribution is 6.35. The summed E-state index contributed by atoms with van der Waals surface area (Å²) in [5.74, 6) is -0.294. The Morgan fingerprint density at radius 2 is 1.93 bits per heavy atom. The number of carbonyl (C=O) groups is 1. The fraction of sp³-hybridized carbons (Fsp3) is 0.200. The van der Waals surface area contributed by atoms with Gasteiger partial charge in [0.15, 0.2) is 0 Å². The number of hydrogen-bond donors (Lipinski definition) is 1. The van der Waals surface area contributed by atoms with Crippen molar-refractivity contribution in [3.05, 3.63) is 24.3 Å². The maximum absolute atomic E-state index is 10.5. The number of benzene rings is 1. The van der Waals surface area contributed by atoms with Gasteiger partial charge in [-0.2, -0.15) is 0 Å². The van der Waals surface area contributed by atoms with E-state index in [0.29, 0.717) is 5.69 Å². The van der Waals surface area contributed by atoms with E-state index in [9.17, 15) is 4.79 Å². The molecule has 14 heavy (non-hydrogen) atoms. The molecule has 0 fully saturated rings. The lowest BCUT2D eigenvalue weighted by atomic mass is 10.3. The van der Waals surface area contributed by atoms with Crippen LogP contribution in [0.5, 0.6) is 5.75 Å². The zero-order valence-corrected chi connectivity index (χ0v) is 8.02. The highest BCUT2D eigenvalue weighted by atomic mass is 16.5. The van der Waals surface area contributed by atoms with Gasteiger partial charge >= 0.3 is 5.97 Å². The predicted octanol–water partition coefficient (Wildman–Crippen LogP) is 1.87. The molecule has 4 nitrogen and oxygen atoms in total. The molecule has 1 aromatic carbocycles. The van der Waals surface area contributed by atoms with Crippen LogP contribution in [0.1, 0.15) is 6.92 Å². The molecule has 0 amide bonds. The molecule has 74 valence electrons. The van der Waals surface area contributed by atoms with E-state index in [-0.39, 0.29) is 5.71 Å². The molecule has 0 atom stereocenters. The van der Waals surface area contributed by atoms with Crippen LogP contribution in [0.2, 0.25) is 0 Å². The number of nitrogens with zero attached hydrogens (tertiary/aromatic N) is 1. The number of methoxy groups -OCH3 is 1. The number of ether oxygens (including phenoxy) is 1. The van der Waals surface area contributed by atoms with Crippen LogP contribution in [0.25, 0.3) is 0 Å². The van der Waals surface area contributed by atoms with Crippen LogP contribution in [0.3, 0.4) is 0 Å². The third-order valence-electron chi connectivity index (χ3n) is 1.68. The minimum atomic E-state index is -1.01. The van der Waals surface area contributed by atoms with Crippen LogP contribution < -0.4 is 4.74 Å². The first-order valence-corrected chi connectivity index (χ1v) is 4.06. The summed E-state index contributed by atoms with van der Waals surface area (Å²) >= 11 is 0. The average Bonchev–Trinajstić information content (AvgIpc) is 2.19. The number of aliphatic carboxylic acids is 1. The number of rotatable bonds is 3. The van der Waals surface area contributed by atoms with Crippen molar-refractivity contribution in [2.24, 2.45) is 4.99 Å². The molecule has 0 radical (unpaired) electrons. The summed E-state index contributed by atoms with van der Waals surface area (Å²) in [6, 6.07) is 6.86. The monoisotopic (exact) mass is 193 g/mol. The lowest BCUT2D eigenvalue weighted by Gasteiger charge is -1.99. The topological polar surface area (TPSA) is 58.9 Å². The Kier molecular flexibility index (Phi) is 3.23. The minimum absolute atomic E-state index is 0.0650. The summed E-state index contributed by atoms with van der Waals surface area (Å²) in [5.41, 5.74) is 0.667. The van der Waals surface area contributed by atoms with Gasteiger partial charge in [0.25, 0.3) is 0 Å². The molecule has 4 heteroatoms. The van der Waals surface area contributed by atoms with E-state index in [1.165, 1.54) is 6.92 Å². The highest BCUT2D eigenvalue weighted by Gasteiger charge is 2.01. The van der Waals surface area contributed by atoms with Crippen molar-refractivity contribution in [1.29, 1.82) is 0 Å². The van der Waals surface area contributed by atoms with Crippen molar-refractivity contribution >= 4 is 17.4 Å². The summed E-state index contributed by atoms with van der Waals surface area (Å²) in [7, 11) is 1.57. The standard InChI is InChI=1S/C10H11NO3/c1-7(10(12)13)11-8-3-5-9(14-2)6-4-8/h3-6H,1-2H3,(H,12,13). The molecule has 0 aliphatic carbocycles. The first-order chi connectivity index (χ1) is 6.63. The van der Waals surface area contributed by atoms with Gasteiger partial charge in [0.05, 0.1) is 12.8 Å². The first-order valence-electron chi connectivity index (χ1n) is 4.06. The summed E-state index contributed by atoms with van der Waals surface area (Å²) < 4.78 is 4.96. The molecule has 0 spiro atoms. The Labute approximate surface area is 81.9 Å². The van der Waals surface area contributed by atoms with E-state index in [2.05, 4.69) is 4.99 Å². The molecular weight excluding hydrogens is 182 g/mol. The van der Waals surface area contributed by atoms with E-state index in [0.717, 1.165) is 5.75 Å². The Hall–Kier alpha value is -1.84. The highest BCUT2D eigenvalue weighted by Crippen LogP contribution is 2.17. The van der Waals surface area contributed by atoms with E-state index >= 15 is 0 Å². The van der Waals surface area contributed by atoms with E-state index in [1.807, 2.05) is 0 Å². The fourth-order valence-electron chi connectivity index (χ4n) is 0.898. The van der Waals surface area contributed by atoms with Gasteiger partial charge in [-0.15, -0.1) is 0 Å². The summed E-state index contributed by atoms with van der Waals surface area (Å²) in [5, 5.41) is 8.59. The lowest BCUT2D eigenvalue weighted by Crippen LogP contribution is -2.06. The maximum Gasteiger partial charge on any atom is 0.349 e. The molecule has 0 saturated carbocycles. The van der Waals surface area contributed by atoms with E-state index < -0.39 is 5.97 Å². The van der Waals surface area contributed by atoms with E-state index in [4.69, 9.17) is 9.84 Å². The third kappa shape index (κ3) is 2.58. The Bertz CT molecular complexity index is 354. The van der Waals surface area contributed by atoms with Crippen molar-refractivity contribution in [2.75, 3.05) is 7.11 Å². The normalized spacial score (nSPS) is 11.1. The van der Waals surface area contributed by atoms with Gasteiger partial charge < -0.3 is 9.84 Å². The molecule has 0 aliphatic rings. The second-order valence-corrected chi connectivity index (χ2v) is 2.70. The van der Waals surface area contributed by atoms with Crippen LogP contribution in [-0.4, -0.2) is 23.9 Å². The van der Waals surface area contributed by atoms with Crippen LogP contribution in [0.4, 0.5) is 5.69 Å². The number of hydrogen-bond acceptors (Lipinski definition) is 3. The molecule has 1 rings (SSSR count). The molecule has 1 N–H and O–H groups in total. The van der Waals surface area contributed by atoms with Crippen LogP contribution in [0, 0.1) is 0 Å². The number of aliphatic imine (C=N–C) groups is 1. The summed E-state index contributed by atoms with van der Waals surface area (Å²) in [6.45, 7) is 1.45. The first kappa shape index (κ1) is 10.2. The Balaban J connectivity index is 2.88. The lowest BCUT2D eigenvalue weighted by molar-refractivity contribution is -0.129. The van der Waals surface area contributed by atoms with Gasteiger partial charge in [-0.3, -0.25) is 0 Å². The SMILES string of the molecule is COc1ccc(N=C(C)C(=O)O)cc1. The van der Waals surface area contributed by atoms with Crippen LogP contribution >= 0.6 is 0 Å². The zero-order chi connectivity index (χ0) is 10.6. The third-order valence-corrected chi connectivity index (χ3v) is 1.68. The molecule has 0 heterocycles. The van der Waals surface area contributed by atoms with Gasteiger partial charge in [0.2, 0.25) is 0 Å². The Morgan fingerprint density at radius 3 is 2.36 bits per heavy atom. The summed E-state index contributed by atoms with van der Waals surface area (Å²) in [6.07, 6.45) is 0. The zero-order valence-electron chi connectivity index (χ0n) is 8.02. The molecule has 1 aromatic rings. The molecule has 0 aliphatic heterocycles. The molecule has 0 aromatic heterocycles. The van der Waals surface area contributed by atoms with Crippen molar-refractivity contribution in [3.8, 4) is 5.75 Å². The number of carboxylic acids is 1. The van der Waals surface area contributed by atoms with Crippen molar-refractivity contribution in [3.63, 3.8) is 0 Å². The largest absolute Gasteiger partial charge is 0.497 e. The molecule has 0 unspecified atom stereocenters.